The van der Waals surface area contributed by atoms with Crippen LogP contribution in [0.2, 0.25) is 0 Å². The van der Waals surface area contributed by atoms with Gasteiger partial charge in [-0.05, 0) is 38.4 Å². The van der Waals surface area contributed by atoms with Crippen molar-refractivity contribution in [2.75, 3.05) is 6.54 Å². The maximum absolute atomic E-state index is 12.6. The topological polar surface area (TPSA) is 84.7 Å². The van der Waals surface area contributed by atoms with Crippen molar-refractivity contribution >= 4 is 5.91 Å². The summed E-state index contributed by atoms with van der Waals surface area (Å²) in [6.45, 7) is 2.91. The molecule has 1 fully saturated rings. The first-order chi connectivity index (χ1) is 11.8. The van der Waals surface area contributed by atoms with Gasteiger partial charge in [-0.1, -0.05) is 5.21 Å². The zero-order valence-corrected chi connectivity index (χ0v) is 13.4. The number of alkyl halides is 3. The molecule has 0 radical (unpaired) electrons. The minimum Gasteiger partial charge on any atom is -0.346 e. The Morgan fingerprint density at radius 3 is 2.84 bits per heavy atom. The molecule has 2 N–H and O–H groups in total. The van der Waals surface area contributed by atoms with Gasteiger partial charge in [-0.3, -0.25) is 4.79 Å². The fourth-order valence-corrected chi connectivity index (χ4v) is 2.65. The maximum Gasteiger partial charge on any atom is 0.417 e. The number of rotatable bonds is 3. The van der Waals surface area contributed by atoms with Gasteiger partial charge in [0.25, 0.3) is 5.91 Å². The van der Waals surface area contributed by atoms with Gasteiger partial charge in [0, 0.05) is 18.3 Å². The number of piperidine rings is 1. The van der Waals surface area contributed by atoms with E-state index in [0.717, 1.165) is 30.1 Å². The Balaban J connectivity index is 1.70. The van der Waals surface area contributed by atoms with Crippen LogP contribution in [0.15, 0.2) is 24.5 Å². The van der Waals surface area contributed by atoms with Crippen molar-refractivity contribution in [2.24, 2.45) is 0 Å². The van der Waals surface area contributed by atoms with E-state index >= 15 is 0 Å². The molecule has 7 nitrogen and oxygen atoms in total. The molecule has 1 saturated heterocycles. The van der Waals surface area contributed by atoms with E-state index in [4.69, 9.17) is 0 Å². The van der Waals surface area contributed by atoms with Gasteiger partial charge >= 0.3 is 6.18 Å². The highest BCUT2D eigenvalue weighted by Gasteiger charge is 2.30. The predicted molar refractivity (Wildman–Crippen MR) is 82.1 cm³/mol. The summed E-state index contributed by atoms with van der Waals surface area (Å²) in [5.41, 5.74) is -0.771. The van der Waals surface area contributed by atoms with Crippen molar-refractivity contribution in [3.63, 3.8) is 0 Å². The van der Waals surface area contributed by atoms with E-state index in [1.54, 1.807) is 0 Å². The SMILES string of the molecule is CC1NCCCC1NC(=O)c1cn(-c2ccc(C(F)(F)F)cn2)nn1. The summed E-state index contributed by atoms with van der Waals surface area (Å²) < 4.78 is 38.8. The largest absolute Gasteiger partial charge is 0.417 e. The Labute approximate surface area is 141 Å². The monoisotopic (exact) mass is 354 g/mol. The third kappa shape index (κ3) is 3.95. The molecule has 0 spiro atoms. The van der Waals surface area contributed by atoms with E-state index in [1.807, 2.05) is 6.92 Å². The Hall–Kier alpha value is -2.49. The highest BCUT2D eigenvalue weighted by atomic mass is 19.4. The second-order valence-corrected chi connectivity index (χ2v) is 5.92. The molecule has 2 unspecified atom stereocenters. The van der Waals surface area contributed by atoms with Crippen LogP contribution < -0.4 is 10.6 Å². The van der Waals surface area contributed by atoms with Gasteiger partial charge in [0.2, 0.25) is 0 Å². The van der Waals surface area contributed by atoms with Crippen LogP contribution in [0.3, 0.4) is 0 Å². The second kappa shape index (κ2) is 6.79. The molecular formula is C15H17F3N6O. The van der Waals surface area contributed by atoms with Gasteiger partial charge in [0.15, 0.2) is 11.5 Å². The standard InChI is InChI=1S/C15H17F3N6O/c1-9-11(3-2-6-19-9)21-14(25)12-8-24(23-22-12)13-5-4-10(7-20-13)15(16,17)18/h4-5,7-9,11,19H,2-3,6H2,1H3,(H,21,25). The number of halogens is 3. The van der Waals surface area contributed by atoms with Gasteiger partial charge in [-0.25, -0.2) is 9.67 Å². The summed E-state index contributed by atoms with van der Waals surface area (Å²) in [5, 5.41) is 13.7. The van der Waals surface area contributed by atoms with E-state index in [-0.39, 0.29) is 29.5 Å². The lowest BCUT2D eigenvalue weighted by Crippen LogP contribution is -2.51. The number of carbonyl (C=O) groups is 1. The minimum absolute atomic E-state index is 0.00408. The summed E-state index contributed by atoms with van der Waals surface area (Å²) in [6.07, 6.45) is -0.562. The average Bonchev–Trinajstić information content (AvgIpc) is 3.06. The van der Waals surface area contributed by atoms with Crippen LogP contribution >= 0.6 is 0 Å². The molecule has 0 bridgehead atoms. The fraction of sp³-hybridized carbons (Fsp3) is 0.467. The van der Waals surface area contributed by atoms with Crippen molar-refractivity contribution in [1.82, 2.24) is 30.6 Å². The fourth-order valence-electron chi connectivity index (χ4n) is 2.65. The number of nitrogens with zero attached hydrogens (tertiary/aromatic N) is 4. The predicted octanol–water partition coefficient (Wildman–Crippen LogP) is 1.55. The molecule has 10 heteroatoms. The molecule has 3 rings (SSSR count). The number of amides is 1. The highest BCUT2D eigenvalue weighted by Crippen LogP contribution is 2.28. The van der Waals surface area contributed by atoms with E-state index in [9.17, 15) is 18.0 Å². The van der Waals surface area contributed by atoms with Gasteiger partial charge in [0.1, 0.15) is 0 Å². The van der Waals surface area contributed by atoms with Crippen molar-refractivity contribution < 1.29 is 18.0 Å². The van der Waals surface area contributed by atoms with Crippen LogP contribution in [0.5, 0.6) is 0 Å². The zero-order valence-electron chi connectivity index (χ0n) is 13.4. The molecule has 0 aliphatic carbocycles. The number of hydrogen-bond donors (Lipinski definition) is 2. The summed E-state index contributed by atoms with van der Waals surface area (Å²) in [5.74, 6) is -0.231. The first-order valence-corrected chi connectivity index (χ1v) is 7.85. The van der Waals surface area contributed by atoms with Crippen LogP contribution in [0.1, 0.15) is 35.8 Å². The van der Waals surface area contributed by atoms with Crippen molar-refractivity contribution in [2.45, 2.75) is 38.0 Å². The lowest BCUT2D eigenvalue weighted by Gasteiger charge is -2.30. The first-order valence-electron chi connectivity index (χ1n) is 7.85. The van der Waals surface area contributed by atoms with E-state index in [0.29, 0.717) is 6.20 Å². The minimum atomic E-state index is -4.45. The molecule has 1 amide bonds. The second-order valence-electron chi connectivity index (χ2n) is 5.92. The van der Waals surface area contributed by atoms with Gasteiger partial charge in [-0.2, -0.15) is 13.2 Å². The molecule has 3 heterocycles. The molecule has 2 atom stereocenters. The zero-order chi connectivity index (χ0) is 18.0. The van der Waals surface area contributed by atoms with Gasteiger partial charge in [0.05, 0.1) is 11.8 Å². The summed E-state index contributed by atoms with van der Waals surface area (Å²) in [4.78, 5) is 16.0. The number of hydrogen-bond acceptors (Lipinski definition) is 5. The van der Waals surface area contributed by atoms with E-state index < -0.39 is 11.7 Å². The molecule has 2 aromatic heterocycles. The normalized spacial score (nSPS) is 21.1. The van der Waals surface area contributed by atoms with Crippen LogP contribution in [0.25, 0.3) is 5.82 Å². The number of nitrogens with one attached hydrogen (secondary N) is 2. The van der Waals surface area contributed by atoms with E-state index in [1.165, 1.54) is 12.3 Å². The molecule has 25 heavy (non-hydrogen) atoms. The first kappa shape index (κ1) is 17.3. The Kier molecular flexibility index (Phi) is 4.71. The number of pyridine rings is 1. The van der Waals surface area contributed by atoms with E-state index in [2.05, 4.69) is 25.9 Å². The Morgan fingerprint density at radius 1 is 1.40 bits per heavy atom. The molecule has 0 saturated carbocycles. The van der Waals surface area contributed by atoms with Crippen LogP contribution in [0.4, 0.5) is 13.2 Å². The van der Waals surface area contributed by atoms with Crippen molar-refractivity contribution in [3.05, 3.63) is 35.8 Å². The lowest BCUT2D eigenvalue weighted by atomic mass is 10.00. The molecule has 1 aliphatic heterocycles. The quantitative estimate of drug-likeness (QED) is 0.874. The van der Waals surface area contributed by atoms with Crippen LogP contribution in [0, 0.1) is 0 Å². The molecule has 134 valence electrons. The summed E-state index contributed by atoms with van der Waals surface area (Å²) in [6, 6.07) is 2.23. The summed E-state index contributed by atoms with van der Waals surface area (Å²) in [7, 11) is 0. The van der Waals surface area contributed by atoms with Crippen molar-refractivity contribution in [3.8, 4) is 5.82 Å². The van der Waals surface area contributed by atoms with Crippen molar-refractivity contribution in [1.29, 1.82) is 0 Å². The molecule has 1 aliphatic rings. The van der Waals surface area contributed by atoms with Crippen LogP contribution in [-0.2, 0) is 6.18 Å². The summed E-state index contributed by atoms with van der Waals surface area (Å²) >= 11 is 0. The van der Waals surface area contributed by atoms with Gasteiger partial charge in [-0.15, -0.1) is 5.10 Å². The van der Waals surface area contributed by atoms with Gasteiger partial charge < -0.3 is 10.6 Å². The third-order valence-electron chi connectivity index (χ3n) is 4.11. The number of carbonyl (C=O) groups excluding carboxylic acids is 1. The Bertz CT molecular complexity index is 742. The lowest BCUT2D eigenvalue weighted by molar-refractivity contribution is -0.137. The molecule has 0 aromatic carbocycles. The Morgan fingerprint density at radius 2 is 2.20 bits per heavy atom. The van der Waals surface area contributed by atoms with Crippen LogP contribution in [-0.4, -0.2) is 44.5 Å². The highest BCUT2D eigenvalue weighted by molar-refractivity contribution is 5.92. The third-order valence-corrected chi connectivity index (χ3v) is 4.11. The molecular weight excluding hydrogens is 337 g/mol. The molecule has 2 aromatic rings. The number of aromatic nitrogens is 4. The smallest absolute Gasteiger partial charge is 0.346 e. The maximum atomic E-state index is 12.6. The average molecular weight is 354 g/mol.